The first-order valence-corrected chi connectivity index (χ1v) is 8.68. The van der Waals surface area contributed by atoms with Crippen molar-refractivity contribution in [3.05, 3.63) is 0 Å². The predicted molar refractivity (Wildman–Crippen MR) is 85.0 cm³/mol. The van der Waals surface area contributed by atoms with Crippen LogP contribution in [0.25, 0.3) is 0 Å². The lowest BCUT2D eigenvalue weighted by Gasteiger charge is -2.08. The van der Waals surface area contributed by atoms with Crippen LogP contribution in [0.1, 0.15) is 84.0 Å². The first kappa shape index (κ1) is 19.9. The summed E-state index contributed by atoms with van der Waals surface area (Å²) in [5, 5.41) is 17.7. The molecule has 0 fully saturated rings. The zero-order valence-corrected chi connectivity index (χ0v) is 13.5. The van der Waals surface area contributed by atoms with Crippen molar-refractivity contribution in [2.24, 2.45) is 0 Å². The SMILES string of the molecule is CCCCCCCCCCCCCCOC[C@@H](O)CO. The third kappa shape index (κ3) is 15.9. The Morgan fingerprint density at radius 2 is 1.20 bits per heavy atom. The summed E-state index contributed by atoms with van der Waals surface area (Å²) in [5.41, 5.74) is 0. The molecule has 0 saturated heterocycles. The molecule has 0 radical (unpaired) electrons. The van der Waals surface area contributed by atoms with Gasteiger partial charge in [-0.05, 0) is 6.42 Å². The Morgan fingerprint density at radius 1 is 0.750 bits per heavy atom. The Morgan fingerprint density at radius 3 is 1.65 bits per heavy atom. The number of rotatable bonds is 16. The van der Waals surface area contributed by atoms with Gasteiger partial charge in [0, 0.05) is 6.61 Å². The van der Waals surface area contributed by atoms with Crippen molar-refractivity contribution in [2.45, 2.75) is 90.1 Å². The molecule has 0 aromatic rings. The molecule has 122 valence electrons. The van der Waals surface area contributed by atoms with Crippen LogP contribution in [0, 0.1) is 0 Å². The Bertz CT molecular complexity index is 174. The van der Waals surface area contributed by atoms with Gasteiger partial charge in [-0.3, -0.25) is 0 Å². The molecule has 0 aromatic carbocycles. The minimum atomic E-state index is -0.715. The number of ether oxygens (including phenoxy) is 1. The van der Waals surface area contributed by atoms with Gasteiger partial charge in [0.25, 0.3) is 0 Å². The van der Waals surface area contributed by atoms with Crippen LogP contribution >= 0.6 is 0 Å². The van der Waals surface area contributed by atoms with Crippen LogP contribution in [0.3, 0.4) is 0 Å². The van der Waals surface area contributed by atoms with E-state index in [4.69, 9.17) is 14.9 Å². The van der Waals surface area contributed by atoms with E-state index in [-0.39, 0.29) is 13.2 Å². The van der Waals surface area contributed by atoms with Gasteiger partial charge in [0.15, 0.2) is 0 Å². The van der Waals surface area contributed by atoms with Gasteiger partial charge in [0.2, 0.25) is 0 Å². The zero-order valence-electron chi connectivity index (χ0n) is 13.5. The highest BCUT2D eigenvalue weighted by molar-refractivity contribution is 4.50. The molecule has 0 aromatic heterocycles. The van der Waals surface area contributed by atoms with E-state index in [1.807, 2.05) is 0 Å². The molecule has 0 aliphatic heterocycles. The van der Waals surface area contributed by atoms with Crippen LogP contribution in [0.15, 0.2) is 0 Å². The highest BCUT2D eigenvalue weighted by Gasteiger charge is 2.00. The molecule has 0 rings (SSSR count). The molecule has 0 heterocycles. The van der Waals surface area contributed by atoms with Crippen molar-refractivity contribution in [3.8, 4) is 0 Å². The molecular formula is C17H36O3. The third-order valence-electron chi connectivity index (χ3n) is 3.66. The summed E-state index contributed by atoms with van der Waals surface area (Å²) in [6, 6.07) is 0. The minimum absolute atomic E-state index is 0.210. The Hall–Kier alpha value is -0.120. The standard InChI is InChI=1S/C17H36O3/c1-2-3-4-5-6-7-8-9-10-11-12-13-14-20-16-17(19)15-18/h17-19H,2-16H2,1H3/t17-/m0/s1. The van der Waals surface area contributed by atoms with E-state index in [1.54, 1.807) is 0 Å². The fraction of sp³-hybridized carbons (Fsp3) is 1.00. The molecule has 0 aliphatic carbocycles. The predicted octanol–water partition coefficient (Wildman–Crippen LogP) is 4.06. The number of unbranched alkanes of at least 4 members (excludes halogenated alkanes) is 11. The summed E-state index contributed by atoms with van der Waals surface area (Å²) in [4.78, 5) is 0. The fourth-order valence-electron chi connectivity index (χ4n) is 2.32. The van der Waals surface area contributed by atoms with Gasteiger partial charge in [-0.2, -0.15) is 0 Å². The first-order chi connectivity index (χ1) is 9.81. The van der Waals surface area contributed by atoms with Crippen LogP contribution in [-0.2, 0) is 4.74 Å². The Balaban J connectivity index is 2.96. The molecule has 2 N–H and O–H groups in total. The number of hydrogen-bond acceptors (Lipinski definition) is 3. The summed E-state index contributed by atoms with van der Waals surface area (Å²) in [6.07, 6.45) is 15.4. The van der Waals surface area contributed by atoms with Crippen LogP contribution in [0.4, 0.5) is 0 Å². The minimum Gasteiger partial charge on any atom is -0.394 e. The maximum atomic E-state index is 9.07. The molecule has 0 aliphatic rings. The monoisotopic (exact) mass is 288 g/mol. The van der Waals surface area contributed by atoms with Gasteiger partial charge in [0.1, 0.15) is 6.10 Å². The fourth-order valence-corrected chi connectivity index (χ4v) is 2.32. The van der Waals surface area contributed by atoms with E-state index in [9.17, 15) is 0 Å². The van der Waals surface area contributed by atoms with Crippen molar-refractivity contribution in [3.63, 3.8) is 0 Å². The molecule has 1 atom stereocenters. The summed E-state index contributed by atoms with van der Waals surface area (Å²) in [6.45, 7) is 3.02. The van der Waals surface area contributed by atoms with E-state index in [2.05, 4.69) is 6.92 Å². The van der Waals surface area contributed by atoms with Gasteiger partial charge < -0.3 is 14.9 Å². The van der Waals surface area contributed by atoms with E-state index >= 15 is 0 Å². The number of aliphatic hydroxyl groups is 2. The molecule has 3 heteroatoms. The van der Waals surface area contributed by atoms with E-state index in [1.165, 1.54) is 70.6 Å². The largest absolute Gasteiger partial charge is 0.394 e. The maximum Gasteiger partial charge on any atom is 0.100 e. The second-order valence-corrected chi connectivity index (χ2v) is 5.80. The molecule has 0 amide bonds. The summed E-state index contributed by atoms with van der Waals surface area (Å²) >= 11 is 0. The normalized spacial score (nSPS) is 12.8. The van der Waals surface area contributed by atoms with Crippen molar-refractivity contribution in [1.29, 1.82) is 0 Å². The lowest BCUT2D eigenvalue weighted by atomic mass is 10.1. The van der Waals surface area contributed by atoms with Crippen molar-refractivity contribution >= 4 is 0 Å². The Kier molecular flexibility index (Phi) is 16.8. The third-order valence-corrected chi connectivity index (χ3v) is 3.66. The highest BCUT2D eigenvalue weighted by atomic mass is 16.5. The van der Waals surface area contributed by atoms with Crippen LogP contribution in [0.2, 0.25) is 0 Å². The quantitative estimate of drug-likeness (QED) is 0.421. The highest BCUT2D eigenvalue weighted by Crippen LogP contribution is 2.11. The molecule has 0 spiro atoms. The van der Waals surface area contributed by atoms with Crippen molar-refractivity contribution in [2.75, 3.05) is 19.8 Å². The van der Waals surface area contributed by atoms with Gasteiger partial charge >= 0.3 is 0 Å². The maximum absolute atomic E-state index is 9.07. The van der Waals surface area contributed by atoms with Crippen molar-refractivity contribution < 1.29 is 14.9 Å². The Labute approximate surface area is 125 Å². The van der Waals surface area contributed by atoms with Crippen LogP contribution in [-0.4, -0.2) is 36.1 Å². The van der Waals surface area contributed by atoms with Crippen molar-refractivity contribution in [1.82, 2.24) is 0 Å². The van der Waals surface area contributed by atoms with E-state index < -0.39 is 6.10 Å². The number of aliphatic hydroxyl groups excluding tert-OH is 2. The molecule has 20 heavy (non-hydrogen) atoms. The summed E-state index contributed by atoms with van der Waals surface area (Å²) < 4.78 is 5.27. The lowest BCUT2D eigenvalue weighted by molar-refractivity contribution is 0.00526. The van der Waals surface area contributed by atoms with Gasteiger partial charge in [-0.1, -0.05) is 77.6 Å². The topological polar surface area (TPSA) is 49.7 Å². The van der Waals surface area contributed by atoms with Crippen LogP contribution in [0.5, 0.6) is 0 Å². The molecule has 3 nitrogen and oxygen atoms in total. The first-order valence-electron chi connectivity index (χ1n) is 8.68. The van der Waals surface area contributed by atoms with Gasteiger partial charge in [-0.15, -0.1) is 0 Å². The molecular weight excluding hydrogens is 252 g/mol. The molecule has 0 bridgehead atoms. The van der Waals surface area contributed by atoms with Gasteiger partial charge in [-0.25, -0.2) is 0 Å². The van der Waals surface area contributed by atoms with Gasteiger partial charge in [0.05, 0.1) is 13.2 Å². The smallest absolute Gasteiger partial charge is 0.100 e. The average Bonchev–Trinajstić information content (AvgIpc) is 2.47. The summed E-state index contributed by atoms with van der Waals surface area (Å²) in [5.74, 6) is 0. The lowest BCUT2D eigenvalue weighted by Crippen LogP contribution is -2.19. The molecule has 0 unspecified atom stereocenters. The summed E-state index contributed by atoms with van der Waals surface area (Å²) in [7, 11) is 0. The second kappa shape index (κ2) is 16.9. The average molecular weight is 288 g/mol. The van der Waals surface area contributed by atoms with E-state index in [0.29, 0.717) is 6.61 Å². The van der Waals surface area contributed by atoms with Crippen LogP contribution < -0.4 is 0 Å². The second-order valence-electron chi connectivity index (χ2n) is 5.80. The molecule has 0 saturated carbocycles. The number of hydrogen-bond donors (Lipinski definition) is 2. The van der Waals surface area contributed by atoms with E-state index in [0.717, 1.165) is 6.42 Å². The zero-order chi connectivity index (χ0) is 14.9.